The summed E-state index contributed by atoms with van der Waals surface area (Å²) >= 11 is 0. The van der Waals surface area contributed by atoms with Crippen LogP contribution in [0.3, 0.4) is 0 Å². The molecular formula is C22H27F5N2O. The molecule has 0 bridgehead atoms. The van der Waals surface area contributed by atoms with Crippen LogP contribution < -0.4 is 5.32 Å². The number of likely N-dealkylation sites (tertiary alicyclic amines) is 1. The summed E-state index contributed by atoms with van der Waals surface area (Å²) in [5.74, 6) is -4.48. The Labute approximate surface area is 173 Å². The maximum absolute atomic E-state index is 14.0. The van der Waals surface area contributed by atoms with E-state index in [1.807, 2.05) is 0 Å². The van der Waals surface area contributed by atoms with Crippen molar-refractivity contribution >= 4 is 5.91 Å². The summed E-state index contributed by atoms with van der Waals surface area (Å²) in [4.78, 5) is 15.3. The standard InChI is InChI=1S/C22H27F5N2O/c1-3-21(23,24)15-12-14(2)19(16(13-15)22(25,26)27)20(30)28-17-8-4-5-9-18(17)29-10-6-7-11-29/h3,12-13,17-18H,1,4-11H2,2H3,(H,28,30)/t17-,18+/m0/s1. The predicted molar refractivity (Wildman–Crippen MR) is 105 cm³/mol. The third-order valence-corrected chi connectivity index (χ3v) is 6.16. The zero-order valence-electron chi connectivity index (χ0n) is 17.0. The first-order valence-electron chi connectivity index (χ1n) is 10.3. The van der Waals surface area contributed by atoms with Gasteiger partial charge in [0.1, 0.15) is 0 Å². The number of nitrogens with one attached hydrogen (secondary N) is 1. The molecule has 0 unspecified atom stereocenters. The Hall–Kier alpha value is -1.96. The molecule has 8 heteroatoms. The van der Waals surface area contributed by atoms with Gasteiger partial charge < -0.3 is 5.32 Å². The van der Waals surface area contributed by atoms with Crippen molar-refractivity contribution < 1.29 is 26.7 Å². The molecule has 1 heterocycles. The maximum atomic E-state index is 14.0. The lowest BCUT2D eigenvalue weighted by Crippen LogP contribution is -2.52. The van der Waals surface area contributed by atoms with Gasteiger partial charge in [-0.1, -0.05) is 19.4 Å². The number of hydrogen-bond acceptors (Lipinski definition) is 2. The minimum atomic E-state index is -4.94. The summed E-state index contributed by atoms with van der Waals surface area (Å²) in [7, 11) is 0. The molecule has 2 aliphatic rings. The van der Waals surface area contributed by atoms with Gasteiger partial charge in [0.25, 0.3) is 11.8 Å². The van der Waals surface area contributed by atoms with Crippen molar-refractivity contribution in [3.8, 4) is 0 Å². The third kappa shape index (κ3) is 4.68. The fourth-order valence-electron chi connectivity index (χ4n) is 4.65. The highest BCUT2D eigenvalue weighted by Crippen LogP contribution is 2.39. The highest BCUT2D eigenvalue weighted by atomic mass is 19.4. The molecule has 1 N–H and O–H groups in total. The summed E-state index contributed by atoms with van der Waals surface area (Å²) in [6.07, 6.45) is 1.01. The molecule has 30 heavy (non-hydrogen) atoms. The second-order valence-electron chi connectivity index (χ2n) is 8.22. The van der Waals surface area contributed by atoms with E-state index in [1.165, 1.54) is 6.92 Å². The first kappa shape index (κ1) is 22.7. The van der Waals surface area contributed by atoms with E-state index in [1.54, 1.807) is 0 Å². The number of allylic oxidation sites excluding steroid dienone is 1. The molecule has 0 radical (unpaired) electrons. The molecule has 1 aliphatic heterocycles. The summed E-state index contributed by atoms with van der Waals surface area (Å²) in [6.45, 7) is 6.10. The van der Waals surface area contributed by atoms with Crippen LogP contribution in [-0.4, -0.2) is 36.0 Å². The van der Waals surface area contributed by atoms with E-state index < -0.39 is 34.7 Å². The van der Waals surface area contributed by atoms with Crippen molar-refractivity contribution in [1.29, 1.82) is 0 Å². The third-order valence-electron chi connectivity index (χ3n) is 6.16. The molecule has 2 atom stereocenters. The number of aryl methyl sites for hydroxylation is 1. The van der Waals surface area contributed by atoms with Crippen molar-refractivity contribution in [2.45, 2.75) is 69.6 Å². The van der Waals surface area contributed by atoms with Crippen LogP contribution in [0.25, 0.3) is 0 Å². The minimum absolute atomic E-state index is 0.101. The summed E-state index contributed by atoms with van der Waals surface area (Å²) in [5.41, 5.74) is -2.89. The van der Waals surface area contributed by atoms with Crippen molar-refractivity contribution in [3.63, 3.8) is 0 Å². The molecule has 1 aromatic carbocycles. The Balaban J connectivity index is 1.93. The first-order valence-corrected chi connectivity index (χ1v) is 10.3. The Kier molecular flexibility index (Phi) is 6.55. The Morgan fingerprint density at radius 3 is 2.33 bits per heavy atom. The first-order chi connectivity index (χ1) is 14.0. The maximum Gasteiger partial charge on any atom is 0.417 e. The number of carbonyl (C=O) groups excluding carboxylic acids is 1. The number of carbonyl (C=O) groups is 1. The van der Waals surface area contributed by atoms with Crippen LogP contribution in [0.4, 0.5) is 22.0 Å². The van der Waals surface area contributed by atoms with Gasteiger partial charge in [-0.2, -0.15) is 22.0 Å². The van der Waals surface area contributed by atoms with Gasteiger partial charge in [0.2, 0.25) is 0 Å². The Morgan fingerprint density at radius 2 is 1.73 bits per heavy atom. The smallest absolute Gasteiger partial charge is 0.348 e. The molecule has 3 rings (SSSR count). The monoisotopic (exact) mass is 430 g/mol. The quantitative estimate of drug-likeness (QED) is 0.499. The average molecular weight is 430 g/mol. The van der Waals surface area contributed by atoms with Gasteiger partial charge in [0.15, 0.2) is 0 Å². The van der Waals surface area contributed by atoms with Gasteiger partial charge in [0.05, 0.1) is 11.1 Å². The van der Waals surface area contributed by atoms with E-state index in [4.69, 9.17) is 0 Å². The normalized spacial score (nSPS) is 23.4. The largest absolute Gasteiger partial charge is 0.417 e. The predicted octanol–water partition coefficient (Wildman–Crippen LogP) is 5.43. The highest BCUT2D eigenvalue weighted by molar-refractivity contribution is 5.97. The number of alkyl halides is 5. The van der Waals surface area contributed by atoms with Gasteiger partial charge in [0, 0.05) is 17.6 Å². The van der Waals surface area contributed by atoms with Gasteiger partial charge in [-0.15, -0.1) is 0 Å². The van der Waals surface area contributed by atoms with Gasteiger partial charge in [-0.3, -0.25) is 9.69 Å². The molecule has 2 fully saturated rings. The van der Waals surface area contributed by atoms with Gasteiger partial charge in [-0.05, 0) is 69.5 Å². The molecule has 1 saturated heterocycles. The van der Waals surface area contributed by atoms with Gasteiger partial charge >= 0.3 is 6.18 Å². The van der Waals surface area contributed by atoms with Crippen molar-refractivity contribution in [1.82, 2.24) is 10.2 Å². The zero-order chi connectivity index (χ0) is 22.1. The Bertz CT molecular complexity index is 799. The minimum Gasteiger partial charge on any atom is -0.348 e. The van der Waals surface area contributed by atoms with Crippen LogP contribution in [0, 0.1) is 6.92 Å². The van der Waals surface area contributed by atoms with Crippen molar-refractivity contribution in [2.75, 3.05) is 13.1 Å². The number of rotatable bonds is 5. The van der Waals surface area contributed by atoms with Crippen LogP contribution in [0.15, 0.2) is 24.8 Å². The van der Waals surface area contributed by atoms with Crippen LogP contribution >= 0.6 is 0 Å². The lowest BCUT2D eigenvalue weighted by Gasteiger charge is -2.38. The van der Waals surface area contributed by atoms with Crippen LogP contribution in [0.2, 0.25) is 0 Å². The second kappa shape index (κ2) is 8.65. The molecule has 0 aromatic heterocycles. The van der Waals surface area contributed by atoms with E-state index >= 15 is 0 Å². The SMILES string of the molecule is C=CC(F)(F)c1cc(C)c(C(=O)N[C@H]2CCCC[C@H]2N2CCCC2)c(C(F)(F)F)c1. The lowest BCUT2D eigenvalue weighted by atomic mass is 9.88. The number of benzene rings is 1. The summed E-state index contributed by atoms with van der Waals surface area (Å²) in [5, 5.41) is 2.80. The number of nitrogens with zero attached hydrogens (tertiary/aromatic N) is 1. The summed E-state index contributed by atoms with van der Waals surface area (Å²) < 4.78 is 69.1. The zero-order valence-corrected chi connectivity index (χ0v) is 17.0. The van der Waals surface area contributed by atoms with E-state index in [0.717, 1.165) is 51.3 Å². The second-order valence-corrected chi connectivity index (χ2v) is 8.22. The molecule has 1 aliphatic carbocycles. The van der Waals surface area contributed by atoms with Crippen LogP contribution in [0.5, 0.6) is 0 Å². The lowest BCUT2D eigenvalue weighted by molar-refractivity contribution is -0.138. The Morgan fingerprint density at radius 1 is 1.10 bits per heavy atom. The topological polar surface area (TPSA) is 32.3 Å². The van der Waals surface area contributed by atoms with E-state index in [-0.39, 0.29) is 17.6 Å². The van der Waals surface area contributed by atoms with Gasteiger partial charge in [-0.25, -0.2) is 0 Å². The van der Waals surface area contributed by atoms with Crippen molar-refractivity contribution in [3.05, 3.63) is 47.0 Å². The highest BCUT2D eigenvalue weighted by Gasteiger charge is 2.40. The summed E-state index contributed by atoms with van der Waals surface area (Å²) in [6, 6.07) is 1.15. The number of amides is 1. The fourth-order valence-corrected chi connectivity index (χ4v) is 4.65. The van der Waals surface area contributed by atoms with E-state index in [9.17, 15) is 26.7 Å². The molecule has 3 nitrogen and oxygen atoms in total. The number of hydrogen-bond donors (Lipinski definition) is 1. The molecule has 1 amide bonds. The molecule has 1 saturated carbocycles. The van der Waals surface area contributed by atoms with E-state index in [0.29, 0.717) is 18.6 Å². The van der Waals surface area contributed by atoms with Crippen molar-refractivity contribution in [2.24, 2.45) is 0 Å². The molecule has 166 valence electrons. The molecule has 0 spiro atoms. The molecular weight excluding hydrogens is 403 g/mol. The average Bonchev–Trinajstić information content (AvgIpc) is 3.21. The van der Waals surface area contributed by atoms with Crippen LogP contribution in [0.1, 0.15) is 65.6 Å². The fraction of sp³-hybridized carbons (Fsp3) is 0.591. The van der Waals surface area contributed by atoms with Crippen LogP contribution in [-0.2, 0) is 12.1 Å². The number of halogens is 5. The van der Waals surface area contributed by atoms with E-state index in [2.05, 4.69) is 16.8 Å². The molecule has 1 aromatic rings.